The summed E-state index contributed by atoms with van der Waals surface area (Å²) < 4.78 is 7.13. The van der Waals surface area contributed by atoms with Crippen LogP contribution in [-0.4, -0.2) is 38.5 Å². The fourth-order valence-corrected chi connectivity index (χ4v) is 4.29. The van der Waals surface area contributed by atoms with E-state index in [1.807, 2.05) is 48.1 Å². The number of thioether (sulfide) groups is 1. The maximum absolute atomic E-state index is 12.4. The van der Waals surface area contributed by atoms with Crippen LogP contribution in [0, 0.1) is 6.92 Å². The van der Waals surface area contributed by atoms with Gasteiger partial charge < -0.3 is 10.1 Å². The van der Waals surface area contributed by atoms with E-state index in [-0.39, 0.29) is 17.7 Å². The molecule has 28 heavy (non-hydrogen) atoms. The fourth-order valence-electron chi connectivity index (χ4n) is 2.64. The van der Waals surface area contributed by atoms with E-state index >= 15 is 0 Å². The van der Waals surface area contributed by atoms with Gasteiger partial charge in [-0.2, -0.15) is 0 Å². The van der Waals surface area contributed by atoms with Gasteiger partial charge in [0.15, 0.2) is 5.16 Å². The quantitative estimate of drug-likeness (QED) is 0.564. The molecule has 0 bridgehead atoms. The number of nitrogens with one attached hydrogen (secondary N) is 1. The number of methoxy groups -OCH3 is 1. The van der Waals surface area contributed by atoms with Crippen molar-refractivity contribution in [3.63, 3.8) is 0 Å². The number of hydrogen-bond donors (Lipinski definition) is 1. The van der Waals surface area contributed by atoms with Crippen molar-refractivity contribution < 1.29 is 9.53 Å². The van der Waals surface area contributed by atoms with Gasteiger partial charge in [0.25, 0.3) is 0 Å². The molecule has 0 fully saturated rings. The highest BCUT2D eigenvalue weighted by Crippen LogP contribution is 2.24. The molecule has 1 amide bonds. The molecule has 0 spiro atoms. The average molecular weight is 418 g/mol. The molecule has 0 saturated carbocycles. The SMILES string of the molecule is CCc1nc(C(C)NC(=O)CSc2nnc(C)n2-c2ccc(OC)cc2)cs1. The van der Waals surface area contributed by atoms with Crippen molar-refractivity contribution in [1.29, 1.82) is 0 Å². The first-order chi connectivity index (χ1) is 13.5. The van der Waals surface area contributed by atoms with Crippen molar-refractivity contribution in [3.8, 4) is 11.4 Å². The summed E-state index contributed by atoms with van der Waals surface area (Å²) in [5.74, 6) is 1.73. The number of ether oxygens (including phenoxy) is 1. The Bertz CT molecular complexity index is 936. The van der Waals surface area contributed by atoms with Crippen molar-refractivity contribution in [2.75, 3.05) is 12.9 Å². The van der Waals surface area contributed by atoms with Crippen LogP contribution in [0.25, 0.3) is 5.69 Å². The van der Waals surface area contributed by atoms with E-state index < -0.39 is 0 Å². The molecule has 1 aromatic carbocycles. The zero-order valence-electron chi connectivity index (χ0n) is 16.3. The van der Waals surface area contributed by atoms with Crippen LogP contribution in [0.15, 0.2) is 34.8 Å². The summed E-state index contributed by atoms with van der Waals surface area (Å²) in [7, 11) is 1.63. The fraction of sp³-hybridized carbons (Fsp3) is 0.368. The molecule has 7 nitrogen and oxygen atoms in total. The monoisotopic (exact) mass is 417 g/mol. The molecule has 3 rings (SSSR count). The van der Waals surface area contributed by atoms with E-state index in [0.29, 0.717) is 5.16 Å². The first-order valence-electron chi connectivity index (χ1n) is 8.94. The second-order valence-corrected chi connectivity index (χ2v) is 8.05. The molecule has 0 aliphatic carbocycles. The van der Waals surface area contributed by atoms with Crippen LogP contribution < -0.4 is 10.1 Å². The van der Waals surface area contributed by atoms with E-state index in [9.17, 15) is 4.79 Å². The van der Waals surface area contributed by atoms with Gasteiger partial charge in [-0.15, -0.1) is 21.5 Å². The molecule has 0 aliphatic rings. The lowest BCUT2D eigenvalue weighted by Crippen LogP contribution is -2.28. The van der Waals surface area contributed by atoms with Crippen molar-refractivity contribution in [2.24, 2.45) is 0 Å². The predicted molar refractivity (Wildman–Crippen MR) is 111 cm³/mol. The summed E-state index contributed by atoms with van der Waals surface area (Å²) in [5, 5.41) is 15.1. The number of aromatic nitrogens is 4. The van der Waals surface area contributed by atoms with E-state index in [0.717, 1.165) is 34.4 Å². The minimum atomic E-state index is -0.120. The molecular weight excluding hydrogens is 394 g/mol. The predicted octanol–water partition coefficient (Wildman–Crippen LogP) is 3.57. The van der Waals surface area contributed by atoms with Gasteiger partial charge in [-0.1, -0.05) is 18.7 Å². The second-order valence-electron chi connectivity index (χ2n) is 6.16. The Kier molecular flexibility index (Phi) is 6.69. The third-order valence-corrected chi connectivity index (χ3v) is 6.09. The Labute approximate surface area is 172 Å². The van der Waals surface area contributed by atoms with Crippen LogP contribution in [0.1, 0.15) is 36.4 Å². The smallest absolute Gasteiger partial charge is 0.231 e. The first kappa shape index (κ1) is 20.3. The highest BCUT2D eigenvalue weighted by molar-refractivity contribution is 7.99. The molecule has 1 N–H and O–H groups in total. The Morgan fingerprint density at radius 1 is 1.32 bits per heavy atom. The van der Waals surface area contributed by atoms with Crippen LogP contribution in [0.3, 0.4) is 0 Å². The van der Waals surface area contributed by atoms with Gasteiger partial charge in [-0.05, 0) is 44.5 Å². The number of thiazole rings is 1. The number of carbonyl (C=O) groups is 1. The maximum atomic E-state index is 12.4. The molecule has 2 aromatic heterocycles. The summed E-state index contributed by atoms with van der Waals surface area (Å²) >= 11 is 2.98. The number of amides is 1. The molecule has 9 heteroatoms. The summed E-state index contributed by atoms with van der Waals surface area (Å²) in [6.07, 6.45) is 0.904. The number of rotatable bonds is 8. The normalized spacial score (nSPS) is 12.0. The van der Waals surface area contributed by atoms with E-state index in [1.54, 1.807) is 18.4 Å². The minimum Gasteiger partial charge on any atom is -0.497 e. The lowest BCUT2D eigenvalue weighted by atomic mass is 10.2. The molecule has 0 saturated heterocycles. The van der Waals surface area contributed by atoms with Gasteiger partial charge in [-0.25, -0.2) is 4.98 Å². The van der Waals surface area contributed by atoms with Crippen molar-refractivity contribution in [1.82, 2.24) is 25.1 Å². The molecule has 1 unspecified atom stereocenters. The van der Waals surface area contributed by atoms with E-state index in [4.69, 9.17) is 4.74 Å². The third kappa shape index (κ3) is 4.71. The van der Waals surface area contributed by atoms with E-state index in [2.05, 4.69) is 27.4 Å². The van der Waals surface area contributed by atoms with E-state index in [1.165, 1.54) is 11.8 Å². The topological polar surface area (TPSA) is 81.9 Å². The van der Waals surface area contributed by atoms with Gasteiger partial charge in [-0.3, -0.25) is 9.36 Å². The average Bonchev–Trinajstić information content (AvgIpc) is 3.33. The summed E-state index contributed by atoms with van der Waals surface area (Å²) in [6, 6.07) is 7.53. The maximum Gasteiger partial charge on any atom is 0.231 e. The van der Waals surface area contributed by atoms with Gasteiger partial charge in [0.05, 0.1) is 29.6 Å². The zero-order valence-corrected chi connectivity index (χ0v) is 17.9. The van der Waals surface area contributed by atoms with Crippen LogP contribution in [0.5, 0.6) is 5.75 Å². The highest BCUT2D eigenvalue weighted by Gasteiger charge is 2.16. The third-order valence-electron chi connectivity index (χ3n) is 4.15. The number of nitrogens with zero attached hydrogens (tertiary/aromatic N) is 4. The molecule has 3 aromatic rings. The largest absolute Gasteiger partial charge is 0.497 e. The lowest BCUT2D eigenvalue weighted by molar-refractivity contribution is -0.119. The van der Waals surface area contributed by atoms with Gasteiger partial charge >= 0.3 is 0 Å². The van der Waals surface area contributed by atoms with Crippen LogP contribution in [0.4, 0.5) is 0 Å². The van der Waals surface area contributed by atoms with Crippen molar-refractivity contribution in [3.05, 3.63) is 46.2 Å². The molecule has 2 heterocycles. The number of aryl methyl sites for hydroxylation is 2. The molecule has 1 atom stereocenters. The number of benzene rings is 1. The van der Waals surface area contributed by atoms with Crippen LogP contribution >= 0.6 is 23.1 Å². The van der Waals surface area contributed by atoms with Crippen molar-refractivity contribution in [2.45, 2.75) is 38.4 Å². The Morgan fingerprint density at radius 2 is 2.07 bits per heavy atom. The Balaban J connectivity index is 1.63. The van der Waals surface area contributed by atoms with Crippen molar-refractivity contribution >= 4 is 29.0 Å². The van der Waals surface area contributed by atoms with Gasteiger partial charge in [0, 0.05) is 11.1 Å². The van der Waals surface area contributed by atoms with Gasteiger partial charge in [0.1, 0.15) is 11.6 Å². The van der Waals surface area contributed by atoms with Crippen LogP contribution in [0.2, 0.25) is 0 Å². The molecular formula is C19H23N5O2S2. The summed E-state index contributed by atoms with van der Waals surface area (Å²) in [4.78, 5) is 16.9. The zero-order chi connectivity index (χ0) is 20.1. The lowest BCUT2D eigenvalue weighted by Gasteiger charge is -2.12. The van der Waals surface area contributed by atoms with Gasteiger partial charge in [0.2, 0.25) is 5.91 Å². The molecule has 148 valence electrons. The molecule has 0 radical (unpaired) electrons. The number of hydrogen-bond acceptors (Lipinski definition) is 7. The standard InChI is InChI=1S/C19H23N5O2S2/c1-5-18-21-16(10-27-18)12(2)20-17(25)11-28-19-23-22-13(3)24(19)14-6-8-15(26-4)9-7-14/h6-10,12H,5,11H2,1-4H3,(H,20,25). The summed E-state index contributed by atoms with van der Waals surface area (Å²) in [6.45, 7) is 5.90. The molecule has 0 aliphatic heterocycles. The summed E-state index contributed by atoms with van der Waals surface area (Å²) in [5.41, 5.74) is 1.83. The first-order valence-corrected chi connectivity index (χ1v) is 10.8. The second kappa shape index (κ2) is 9.20. The van der Waals surface area contributed by atoms with Crippen LogP contribution in [-0.2, 0) is 11.2 Å². The highest BCUT2D eigenvalue weighted by atomic mass is 32.2. The Hall–Kier alpha value is -2.39. The Morgan fingerprint density at radius 3 is 2.71 bits per heavy atom. The number of carbonyl (C=O) groups excluding carboxylic acids is 1. The minimum absolute atomic E-state index is 0.0644.